The second kappa shape index (κ2) is 7.10. The van der Waals surface area contributed by atoms with E-state index < -0.39 is 17.9 Å². The first kappa shape index (κ1) is 14.6. The Morgan fingerprint density at radius 3 is 2.72 bits per heavy atom. The molecule has 0 aliphatic heterocycles. The Bertz CT molecular complexity index is 416. The minimum Gasteiger partial charge on any atom is -0.480 e. The monoisotopic (exact) mass is 271 g/mol. The summed E-state index contributed by atoms with van der Waals surface area (Å²) in [5, 5.41) is 12.1. The first-order valence-corrected chi connectivity index (χ1v) is 6.98. The average Bonchev–Trinajstić information content (AvgIpc) is 2.82. The van der Waals surface area contributed by atoms with Crippen molar-refractivity contribution >= 4 is 23.6 Å². The molecule has 1 aromatic heterocycles. The first-order chi connectivity index (χ1) is 8.58. The largest absolute Gasteiger partial charge is 0.480 e. The Morgan fingerprint density at radius 2 is 2.22 bits per heavy atom. The Labute approximate surface area is 110 Å². The van der Waals surface area contributed by atoms with Crippen LogP contribution in [-0.4, -0.2) is 29.3 Å². The molecule has 18 heavy (non-hydrogen) atoms. The van der Waals surface area contributed by atoms with Crippen molar-refractivity contribution in [2.45, 2.75) is 37.3 Å². The Hall–Kier alpha value is -1.43. The summed E-state index contributed by atoms with van der Waals surface area (Å²) in [5.41, 5.74) is 0. The topological polar surface area (TPSA) is 79.5 Å². The smallest absolute Gasteiger partial charge is 0.326 e. The summed E-state index contributed by atoms with van der Waals surface area (Å²) < 4.78 is 5.24. The molecule has 0 spiro atoms. The molecule has 1 rings (SSSR count). The van der Waals surface area contributed by atoms with Gasteiger partial charge in [0, 0.05) is 0 Å². The van der Waals surface area contributed by atoms with Gasteiger partial charge in [-0.3, -0.25) is 4.79 Å². The molecule has 0 saturated heterocycles. The molecule has 1 atom stereocenters. The molecule has 1 amide bonds. The molecule has 6 heteroatoms. The van der Waals surface area contributed by atoms with E-state index in [0.29, 0.717) is 11.5 Å². The van der Waals surface area contributed by atoms with E-state index in [2.05, 4.69) is 5.32 Å². The highest BCUT2D eigenvalue weighted by Gasteiger charge is 2.21. The van der Waals surface area contributed by atoms with E-state index in [1.165, 1.54) is 11.8 Å². The summed E-state index contributed by atoms with van der Waals surface area (Å²) in [6, 6.07) is 2.36. The minimum absolute atomic E-state index is 0.141. The van der Waals surface area contributed by atoms with Crippen LogP contribution >= 0.6 is 11.8 Å². The van der Waals surface area contributed by atoms with Gasteiger partial charge in [-0.1, -0.05) is 31.5 Å². The third-order valence-corrected chi connectivity index (χ3v) is 3.08. The van der Waals surface area contributed by atoms with Gasteiger partial charge in [0.25, 0.3) is 5.91 Å². The molecule has 0 radical (unpaired) electrons. The predicted octanol–water partition coefficient (Wildman–Crippen LogP) is 2.37. The molecule has 0 fully saturated rings. The van der Waals surface area contributed by atoms with Crippen molar-refractivity contribution < 1.29 is 19.1 Å². The number of carboxylic acid groups (broad SMARTS) is 1. The molecule has 1 aromatic rings. The molecule has 0 aromatic carbocycles. The zero-order valence-corrected chi connectivity index (χ0v) is 11.3. The normalized spacial score (nSPS) is 12.1. The van der Waals surface area contributed by atoms with Gasteiger partial charge in [-0.15, -0.1) is 0 Å². The quantitative estimate of drug-likeness (QED) is 0.744. The van der Waals surface area contributed by atoms with Crippen LogP contribution in [0.3, 0.4) is 0 Å². The first-order valence-electron chi connectivity index (χ1n) is 5.76. The van der Waals surface area contributed by atoms with E-state index in [-0.39, 0.29) is 5.76 Å². The summed E-state index contributed by atoms with van der Waals surface area (Å²) >= 11 is 1.38. The lowest BCUT2D eigenvalue weighted by Crippen LogP contribution is -2.40. The van der Waals surface area contributed by atoms with E-state index in [4.69, 9.17) is 9.52 Å². The predicted molar refractivity (Wildman–Crippen MR) is 68.9 cm³/mol. The lowest BCUT2D eigenvalue weighted by molar-refractivity contribution is -0.139. The lowest BCUT2D eigenvalue weighted by atomic mass is 10.1. The Kier molecular flexibility index (Phi) is 5.77. The maximum absolute atomic E-state index is 11.8. The summed E-state index contributed by atoms with van der Waals surface area (Å²) in [6.45, 7) is 1.97. The van der Waals surface area contributed by atoms with Crippen LogP contribution in [0.5, 0.6) is 0 Å². The summed E-state index contributed by atoms with van der Waals surface area (Å²) in [4.78, 5) is 22.8. The van der Waals surface area contributed by atoms with Gasteiger partial charge in [0.05, 0.1) is 0 Å². The minimum atomic E-state index is -1.02. The van der Waals surface area contributed by atoms with Crippen LogP contribution in [0, 0.1) is 0 Å². The van der Waals surface area contributed by atoms with Crippen molar-refractivity contribution in [3.05, 3.63) is 17.9 Å². The number of carbonyl (C=O) groups is 2. The second-order valence-corrected chi connectivity index (χ2v) is 4.64. The molecule has 0 bridgehead atoms. The van der Waals surface area contributed by atoms with Crippen molar-refractivity contribution in [1.82, 2.24) is 5.32 Å². The van der Waals surface area contributed by atoms with Crippen LogP contribution in [0.25, 0.3) is 0 Å². The van der Waals surface area contributed by atoms with Crippen molar-refractivity contribution in [2.75, 3.05) is 6.26 Å². The average molecular weight is 271 g/mol. The molecule has 1 heterocycles. The molecule has 2 N–H and O–H groups in total. The van der Waals surface area contributed by atoms with Gasteiger partial charge in [0.1, 0.15) is 6.04 Å². The number of amides is 1. The van der Waals surface area contributed by atoms with Crippen molar-refractivity contribution in [1.29, 1.82) is 0 Å². The zero-order valence-electron chi connectivity index (χ0n) is 10.4. The van der Waals surface area contributed by atoms with Crippen LogP contribution in [0.4, 0.5) is 0 Å². The third kappa shape index (κ3) is 4.10. The number of furan rings is 1. The summed E-state index contributed by atoms with van der Waals surface area (Å²) in [7, 11) is 0. The number of thioether (sulfide) groups is 1. The molecular weight excluding hydrogens is 254 g/mol. The standard InChI is InChI=1S/C12H17NO4S/c1-3-4-5-8(12(15)16)13-11(14)9-6-7-10(17-9)18-2/h6-8H,3-5H2,1-2H3,(H,13,14)(H,15,16). The molecule has 0 aliphatic carbocycles. The fraction of sp³-hybridized carbons (Fsp3) is 0.500. The van der Waals surface area contributed by atoms with E-state index in [9.17, 15) is 9.59 Å². The number of aliphatic carboxylic acids is 1. The van der Waals surface area contributed by atoms with Gasteiger partial charge in [0.2, 0.25) is 0 Å². The van der Waals surface area contributed by atoms with Gasteiger partial charge in [-0.2, -0.15) is 0 Å². The van der Waals surface area contributed by atoms with E-state index >= 15 is 0 Å². The highest BCUT2D eigenvalue weighted by molar-refractivity contribution is 7.98. The second-order valence-electron chi connectivity index (χ2n) is 3.83. The summed E-state index contributed by atoms with van der Waals surface area (Å²) in [5.74, 6) is -1.37. The highest BCUT2D eigenvalue weighted by Crippen LogP contribution is 2.18. The van der Waals surface area contributed by atoms with Crippen LogP contribution in [-0.2, 0) is 4.79 Å². The number of hydrogen-bond donors (Lipinski definition) is 2. The molecule has 100 valence electrons. The van der Waals surface area contributed by atoms with E-state index in [1.54, 1.807) is 12.1 Å². The lowest BCUT2D eigenvalue weighted by Gasteiger charge is -2.12. The van der Waals surface area contributed by atoms with Gasteiger partial charge < -0.3 is 14.8 Å². The van der Waals surface area contributed by atoms with E-state index in [0.717, 1.165) is 12.8 Å². The Morgan fingerprint density at radius 1 is 1.50 bits per heavy atom. The van der Waals surface area contributed by atoms with Crippen molar-refractivity contribution in [2.24, 2.45) is 0 Å². The number of rotatable bonds is 7. The van der Waals surface area contributed by atoms with Crippen LogP contribution in [0.2, 0.25) is 0 Å². The Balaban J connectivity index is 2.62. The highest BCUT2D eigenvalue weighted by atomic mass is 32.2. The van der Waals surface area contributed by atoms with Gasteiger partial charge in [-0.05, 0) is 24.8 Å². The SMILES string of the molecule is CCCCC(NC(=O)c1ccc(SC)o1)C(=O)O. The third-order valence-electron chi connectivity index (χ3n) is 2.46. The van der Waals surface area contributed by atoms with Crippen molar-refractivity contribution in [3.8, 4) is 0 Å². The maximum Gasteiger partial charge on any atom is 0.326 e. The molecular formula is C12H17NO4S. The molecule has 5 nitrogen and oxygen atoms in total. The molecule has 0 saturated carbocycles. The van der Waals surface area contributed by atoms with Gasteiger partial charge in [-0.25, -0.2) is 4.79 Å². The molecule has 1 unspecified atom stereocenters. The van der Waals surface area contributed by atoms with Gasteiger partial charge in [0.15, 0.2) is 10.9 Å². The van der Waals surface area contributed by atoms with Crippen LogP contribution in [0.15, 0.2) is 21.6 Å². The van der Waals surface area contributed by atoms with Crippen LogP contribution < -0.4 is 5.32 Å². The number of unbranched alkanes of at least 4 members (excludes halogenated alkanes) is 1. The number of hydrogen-bond acceptors (Lipinski definition) is 4. The van der Waals surface area contributed by atoms with Crippen LogP contribution in [0.1, 0.15) is 36.7 Å². The van der Waals surface area contributed by atoms with Gasteiger partial charge >= 0.3 is 5.97 Å². The fourth-order valence-corrected chi connectivity index (χ4v) is 1.82. The maximum atomic E-state index is 11.8. The number of carbonyl (C=O) groups excluding carboxylic acids is 1. The summed E-state index contributed by atoms with van der Waals surface area (Å²) in [6.07, 6.45) is 3.90. The van der Waals surface area contributed by atoms with E-state index in [1.807, 2.05) is 13.2 Å². The van der Waals surface area contributed by atoms with Crippen molar-refractivity contribution in [3.63, 3.8) is 0 Å². The zero-order chi connectivity index (χ0) is 13.5. The molecule has 0 aliphatic rings. The number of nitrogens with one attached hydrogen (secondary N) is 1. The number of carboxylic acids is 1. The fourth-order valence-electron chi connectivity index (χ4n) is 1.45.